The number of amides is 3. The third-order valence-electron chi connectivity index (χ3n) is 7.03. The van der Waals surface area contributed by atoms with E-state index in [1.54, 1.807) is 6.07 Å². The van der Waals surface area contributed by atoms with Crippen molar-refractivity contribution in [1.82, 2.24) is 9.80 Å². The van der Waals surface area contributed by atoms with Crippen LogP contribution in [-0.2, 0) is 15.8 Å². The first-order chi connectivity index (χ1) is 20.6. The van der Waals surface area contributed by atoms with Crippen molar-refractivity contribution in [3.05, 3.63) is 75.8 Å². The molecule has 44 heavy (non-hydrogen) atoms. The van der Waals surface area contributed by atoms with Crippen molar-refractivity contribution in [1.29, 1.82) is 0 Å². The Kier molecular flexibility index (Phi) is 8.27. The van der Waals surface area contributed by atoms with E-state index in [-0.39, 0.29) is 46.7 Å². The molecule has 1 N–H and O–H groups in total. The molecule has 8 nitrogen and oxygen atoms in total. The minimum atomic E-state index is -4.88. The smallest absolute Gasteiger partial charge is 0.483 e. The second-order valence-corrected chi connectivity index (χ2v) is 11.0. The van der Waals surface area contributed by atoms with Crippen molar-refractivity contribution in [3.8, 4) is 22.6 Å². The maximum absolute atomic E-state index is 13.6. The number of hydrogen-bond donors (Lipinski definition) is 1. The number of carbonyl (C=O) groups is 3. The topological polar surface area (TPSA) is 88.2 Å². The van der Waals surface area contributed by atoms with Crippen molar-refractivity contribution >= 4 is 39.3 Å². The molecule has 1 atom stereocenters. The number of alkyl halides is 6. The first-order valence-corrected chi connectivity index (χ1v) is 13.8. The fourth-order valence-corrected chi connectivity index (χ4v) is 5.47. The van der Waals surface area contributed by atoms with Crippen molar-refractivity contribution in [2.75, 3.05) is 31.6 Å². The van der Waals surface area contributed by atoms with Crippen molar-refractivity contribution in [3.63, 3.8) is 0 Å². The molecule has 2 aliphatic heterocycles. The van der Waals surface area contributed by atoms with Gasteiger partial charge in [0.05, 0.1) is 27.8 Å². The fourth-order valence-electron chi connectivity index (χ4n) is 5.00. The lowest BCUT2D eigenvalue weighted by Crippen LogP contribution is -2.60. The lowest BCUT2D eigenvalue weighted by atomic mass is 9.97. The number of carbonyl (C=O) groups excluding carboxylic acids is 3. The summed E-state index contributed by atoms with van der Waals surface area (Å²) in [4.78, 5) is 42.3. The normalized spacial score (nSPS) is 17.0. The van der Waals surface area contributed by atoms with Gasteiger partial charge in [-0.05, 0) is 82.0 Å². The van der Waals surface area contributed by atoms with Gasteiger partial charge in [-0.1, -0.05) is 12.1 Å². The van der Waals surface area contributed by atoms with Crippen LogP contribution in [0.2, 0.25) is 0 Å². The Morgan fingerprint density at radius 1 is 0.977 bits per heavy atom. The molecule has 0 aliphatic carbocycles. The third kappa shape index (κ3) is 6.77. The van der Waals surface area contributed by atoms with Crippen LogP contribution in [0.3, 0.4) is 0 Å². The predicted molar refractivity (Wildman–Crippen MR) is 148 cm³/mol. The minimum Gasteiger partial charge on any atom is -0.483 e. The highest BCUT2D eigenvalue weighted by Gasteiger charge is 2.41. The first-order valence-electron chi connectivity index (χ1n) is 13.0. The van der Waals surface area contributed by atoms with Crippen LogP contribution in [-0.4, -0.2) is 66.2 Å². The molecule has 0 bridgehead atoms. The molecule has 3 amide bonds. The Hall–Kier alpha value is -4.27. The number of nitrogens with zero attached hydrogens (tertiary/aromatic N) is 2. The van der Waals surface area contributed by atoms with Crippen LogP contribution in [0, 0.1) is 6.92 Å². The van der Waals surface area contributed by atoms with Gasteiger partial charge >= 0.3 is 12.5 Å². The molecule has 1 saturated heterocycles. The molecule has 1 fully saturated rings. The number of fused-ring (bicyclic) bond motifs is 2. The molecule has 0 saturated carbocycles. The Bertz CT molecular complexity index is 1640. The molecule has 3 aromatic carbocycles. The summed E-state index contributed by atoms with van der Waals surface area (Å²) in [5.74, 6) is -2.02. The molecular formula is C29H22BrF6N3O5. The average Bonchev–Trinajstić information content (AvgIpc) is 3.04. The van der Waals surface area contributed by atoms with Gasteiger partial charge in [0, 0.05) is 13.1 Å². The van der Waals surface area contributed by atoms with E-state index in [1.807, 2.05) is 0 Å². The first kappa shape index (κ1) is 31.2. The van der Waals surface area contributed by atoms with Crippen LogP contribution >= 0.6 is 15.9 Å². The number of rotatable bonds is 5. The van der Waals surface area contributed by atoms with Crippen LogP contribution in [0.4, 0.5) is 32.0 Å². The zero-order valence-corrected chi connectivity index (χ0v) is 24.3. The predicted octanol–water partition coefficient (Wildman–Crippen LogP) is 6.03. The van der Waals surface area contributed by atoms with Crippen LogP contribution in [0.25, 0.3) is 11.1 Å². The second kappa shape index (κ2) is 11.7. The van der Waals surface area contributed by atoms with E-state index in [9.17, 15) is 40.7 Å². The van der Waals surface area contributed by atoms with Crippen LogP contribution < -0.4 is 14.8 Å². The summed E-state index contributed by atoms with van der Waals surface area (Å²) in [7, 11) is 0. The number of benzene rings is 3. The van der Waals surface area contributed by atoms with Gasteiger partial charge in [0.1, 0.15) is 17.5 Å². The Morgan fingerprint density at radius 2 is 1.73 bits per heavy atom. The van der Waals surface area contributed by atoms with Gasteiger partial charge < -0.3 is 24.6 Å². The number of ether oxygens (including phenoxy) is 2. The summed E-state index contributed by atoms with van der Waals surface area (Å²) < 4.78 is 87.0. The zero-order valence-electron chi connectivity index (χ0n) is 22.7. The number of anilines is 1. The summed E-state index contributed by atoms with van der Waals surface area (Å²) in [6.07, 6.45) is -9.44. The Morgan fingerprint density at radius 3 is 2.41 bits per heavy atom. The molecule has 0 aromatic heterocycles. The van der Waals surface area contributed by atoms with Gasteiger partial charge in [-0.25, -0.2) is 0 Å². The summed E-state index contributed by atoms with van der Waals surface area (Å²) in [6.45, 7) is 0.917. The molecule has 2 aliphatic rings. The maximum Gasteiger partial charge on any atom is 0.573 e. The quantitative estimate of drug-likeness (QED) is 0.332. The SMILES string of the molecule is Cc1cc(-c2ccc3c(c2)C(=O)N2CCN(C(=O)COc4ccc(OC(F)(F)F)cc4Br)C[C@H]2C(=O)N3)cc(C(F)(F)F)c1. The summed E-state index contributed by atoms with van der Waals surface area (Å²) in [5.41, 5.74) is 0.449. The van der Waals surface area contributed by atoms with Crippen molar-refractivity contribution in [2.24, 2.45) is 0 Å². The Labute approximate surface area is 254 Å². The lowest BCUT2D eigenvalue weighted by Gasteiger charge is -2.39. The second-order valence-electron chi connectivity index (χ2n) is 10.1. The molecule has 3 aromatic rings. The van der Waals surface area contributed by atoms with E-state index < -0.39 is 54.2 Å². The molecule has 15 heteroatoms. The highest BCUT2D eigenvalue weighted by atomic mass is 79.9. The maximum atomic E-state index is 13.6. The van der Waals surface area contributed by atoms with E-state index in [1.165, 1.54) is 41.0 Å². The van der Waals surface area contributed by atoms with Crippen LogP contribution in [0.5, 0.6) is 11.5 Å². The molecule has 2 heterocycles. The fraction of sp³-hybridized carbons (Fsp3) is 0.276. The van der Waals surface area contributed by atoms with Crippen molar-refractivity contribution in [2.45, 2.75) is 25.5 Å². The van der Waals surface area contributed by atoms with Gasteiger partial charge in [-0.3, -0.25) is 14.4 Å². The number of piperazine rings is 1. The molecule has 0 spiro atoms. The highest BCUT2D eigenvalue weighted by molar-refractivity contribution is 9.10. The van der Waals surface area contributed by atoms with E-state index in [2.05, 4.69) is 26.0 Å². The van der Waals surface area contributed by atoms with Crippen molar-refractivity contribution < 1.29 is 50.2 Å². The number of nitrogens with one attached hydrogen (secondary N) is 1. The van der Waals surface area contributed by atoms with E-state index in [4.69, 9.17) is 4.74 Å². The zero-order chi connectivity index (χ0) is 32.0. The van der Waals surface area contributed by atoms with Gasteiger partial charge in [-0.15, -0.1) is 13.2 Å². The highest BCUT2D eigenvalue weighted by Crippen LogP contribution is 2.36. The van der Waals surface area contributed by atoms with Gasteiger partial charge in [-0.2, -0.15) is 13.2 Å². The van der Waals surface area contributed by atoms with E-state index in [0.717, 1.165) is 24.3 Å². The summed E-state index contributed by atoms with van der Waals surface area (Å²) >= 11 is 3.07. The molecule has 5 rings (SSSR count). The average molecular weight is 686 g/mol. The van der Waals surface area contributed by atoms with E-state index >= 15 is 0 Å². The number of halogens is 7. The number of hydrogen-bond acceptors (Lipinski definition) is 5. The standard InChI is InChI=1S/C29H22BrF6N3O5/c1-15-8-17(10-18(9-15)28(31,32)33)16-2-4-22-20(11-16)27(42)39-7-6-38(13-23(39)26(41)37-22)25(40)14-43-24-5-3-19(12-21(24)30)44-29(34,35)36/h2-5,8-12,23H,6-7,13-14H2,1H3,(H,37,41)/t23-/m0/s1. The largest absolute Gasteiger partial charge is 0.573 e. The van der Waals surface area contributed by atoms with Gasteiger partial charge in [0.2, 0.25) is 5.91 Å². The molecule has 0 radical (unpaired) electrons. The monoisotopic (exact) mass is 685 g/mol. The summed E-state index contributed by atoms with van der Waals surface area (Å²) in [6, 6.07) is 10.2. The minimum absolute atomic E-state index is 0.0117. The number of aryl methyl sites for hydroxylation is 1. The van der Waals surface area contributed by atoms with Gasteiger partial charge in [0.15, 0.2) is 6.61 Å². The summed E-state index contributed by atoms with van der Waals surface area (Å²) in [5, 5.41) is 2.68. The van der Waals surface area contributed by atoms with Crippen LogP contribution in [0.15, 0.2) is 59.1 Å². The van der Waals surface area contributed by atoms with Crippen LogP contribution in [0.1, 0.15) is 21.5 Å². The molecule has 232 valence electrons. The lowest BCUT2D eigenvalue weighted by molar-refractivity contribution is -0.274. The van der Waals surface area contributed by atoms with Gasteiger partial charge in [0.25, 0.3) is 11.8 Å². The molecule has 0 unspecified atom stereocenters. The van der Waals surface area contributed by atoms with E-state index in [0.29, 0.717) is 11.1 Å². The third-order valence-corrected chi connectivity index (χ3v) is 7.65. The molecular weight excluding hydrogens is 664 g/mol. The Balaban J connectivity index is 1.29.